The summed E-state index contributed by atoms with van der Waals surface area (Å²) in [6, 6.07) is 62.0. The van der Waals surface area contributed by atoms with Crippen LogP contribution in [0.15, 0.2) is 174 Å². The highest BCUT2D eigenvalue weighted by atomic mass is 16.3. The molecule has 9 aromatic carbocycles. The van der Waals surface area contributed by atoms with Crippen molar-refractivity contribution in [2.24, 2.45) is 0 Å². The van der Waals surface area contributed by atoms with Crippen LogP contribution in [-0.4, -0.2) is 0 Å². The lowest BCUT2D eigenvalue weighted by Gasteiger charge is -2.11. The predicted octanol–water partition coefficient (Wildman–Crippen LogP) is 13.7. The molecule has 1 aliphatic rings. The number of furan rings is 1. The normalized spacial score (nSPS) is 12.1. The summed E-state index contributed by atoms with van der Waals surface area (Å²) in [6.07, 6.45) is 0. The van der Waals surface area contributed by atoms with E-state index in [9.17, 15) is 0 Å². The third-order valence-electron chi connectivity index (χ3n) is 10.6. The molecule has 49 heavy (non-hydrogen) atoms. The van der Waals surface area contributed by atoms with E-state index in [1.807, 2.05) is 0 Å². The van der Waals surface area contributed by atoms with Crippen LogP contribution in [0.5, 0.6) is 0 Å². The first-order chi connectivity index (χ1) is 24.3. The van der Waals surface area contributed by atoms with E-state index in [1.165, 1.54) is 88.0 Å². The summed E-state index contributed by atoms with van der Waals surface area (Å²) < 4.78 is 6.42. The number of benzene rings is 9. The van der Waals surface area contributed by atoms with Gasteiger partial charge < -0.3 is 4.42 Å². The van der Waals surface area contributed by atoms with Gasteiger partial charge >= 0.3 is 0 Å². The van der Waals surface area contributed by atoms with Gasteiger partial charge in [-0.05, 0) is 124 Å². The smallest absolute Gasteiger partial charge is 0.135 e. The van der Waals surface area contributed by atoms with Crippen LogP contribution in [0.3, 0.4) is 0 Å². The molecule has 0 saturated carbocycles. The van der Waals surface area contributed by atoms with Crippen molar-refractivity contribution in [1.29, 1.82) is 0 Å². The standard InChI is InChI=1S/C48H28O/c1-2-9-29(10-3-1)30-17-20-38-40-16-8-15-39-35(21-22-41(48(39)40)43(38)25-30)32-18-23-46-44(27-32)45-28-33(19-24-47(45)49-46)42-26-31-11-4-5-12-34(31)36-13-6-7-14-37(36)42/h1-28H. The Morgan fingerprint density at radius 3 is 1.69 bits per heavy atom. The van der Waals surface area contributed by atoms with Crippen molar-refractivity contribution >= 4 is 54.3 Å². The Hall–Kier alpha value is -6.44. The van der Waals surface area contributed by atoms with Crippen molar-refractivity contribution in [1.82, 2.24) is 0 Å². The zero-order valence-corrected chi connectivity index (χ0v) is 26.6. The van der Waals surface area contributed by atoms with Gasteiger partial charge in [0, 0.05) is 10.8 Å². The van der Waals surface area contributed by atoms with Crippen LogP contribution in [0.25, 0.3) is 110 Å². The van der Waals surface area contributed by atoms with Crippen LogP contribution >= 0.6 is 0 Å². The summed E-state index contributed by atoms with van der Waals surface area (Å²) in [5.41, 5.74) is 14.4. The molecule has 1 nitrogen and oxygen atoms in total. The third-order valence-corrected chi connectivity index (χ3v) is 10.6. The molecule has 0 spiro atoms. The van der Waals surface area contributed by atoms with Crippen molar-refractivity contribution < 1.29 is 4.42 Å². The molecule has 1 aromatic heterocycles. The van der Waals surface area contributed by atoms with Gasteiger partial charge in [0.05, 0.1) is 0 Å². The molecular formula is C48H28O. The summed E-state index contributed by atoms with van der Waals surface area (Å²) in [4.78, 5) is 0. The molecule has 10 aromatic rings. The topological polar surface area (TPSA) is 13.1 Å². The lowest BCUT2D eigenvalue weighted by atomic mass is 9.92. The molecule has 0 fully saturated rings. The molecular weight excluding hydrogens is 593 g/mol. The van der Waals surface area contributed by atoms with Crippen LogP contribution in [0.1, 0.15) is 0 Å². The van der Waals surface area contributed by atoms with Gasteiger partial charge in [0.1, 0.15) is 11.2 Å². The van der Waals surface area contributed by atoms with E-state index in [2.05, 4.69) is 170 Å². The molecule has 0 aliphatic heterocycles. The predicted molar refractivity (Wildman–Crippen MR) is 207 cm³/mol. The highest BCUT2D eigenvalue weighted by molar-refractivity contribution is 6.20. The zero-order chi connectivity index (χ0) is 32.1. The fourth-order valence-electron chi connectivity index (χ4n) is 8.33. The fraction of sp³-hybridized carbons (Fsp3) is 0. The SMILES string of the molecule is c1ccc(-c2ccc3c(c2)-c2ccc(-c4ccc5oc6ccc(-c7cc8ccccc8c8ccccc78)cc6c5c4)c4cccc-3c24)cc1. The highest BCUT2D eigenvalue weighted by Crippen LogP contribution is 2.50. The maximum absolute atomic E-state index is 6.42. The van der Waals surface area contributed by atoms with Gasteiger partial charge in [-0.1, -0.05) is 133 Å². The van der Waals surface area contributed by atoms with E-state index in [4.69, 9.17) is 4.42 Å². The second-order valence-electron chi connectivity index (χ2n) is 13.2. The Kier molecular flexibility index (Phi) is 5.45. The molecule has 0 unspecified atom stereocenters. The minimum atomic E-state index is 0.908. The van der Waals surface area contributed by atoms with Gasteiger partial charge in [-0.3, -0.25) is 0 Å². The van der Waals surface area contributed by atoms with E-state index in [0.717, 1.165) is 21.9 Å². The molecule has 1 aliphatic carbocycles. The van der Waals surface area contributed by atoms with E-state index in [1.54, 1.807) is 0 Å². The van der Waals surface area contributed by atoms with Crippen LogP contribution in [0.4, 0.5) is 0 Å². The molecule has 226 valence electrons. The number of hydrogen-bond donors (Lipinski definition) is 0. The molecule has 0 radical (unpaired) electrons. The van der Waals surface area contributed by atoms with E-state index in [-0.39, 0.29) is 0 Å². The number of hydrogen-bond acceptors (Lipinski definition) is 1. The molecule has 0 amide bonds. The number of fused-ring (bicyclic) bond motifs is 9. The van der Waals surface area contributed by atoms with Crippen LogP contribution in [-0.2, 0) is 0 Å². The Balaban J connectivity index is 1.07. The van der Waals surface area contributed by atoms with Gasteiger partial charge in [-0.25, -0.2) is 0 Å². The molecule has 0 N–H and O–H groups in total. The third kappa shape index (κ3) is 3.87. The molecule has 0 bridgehead atoms. The first kappa shape index (κ1) is 26.6. The first-order valence-electron chi connectivity index (χ1n) is 16.9. The minimum Gasteiger partial charge on any atom is -0.456 e. The van der Waals surface area contributed by atoms with Gasteiger partial charge in [0.2, 0.25) is 0 Å². The Bertz CT molecular complexity index is 2980. The largest absolute Gasteiger partial charge is 0.456 e. The Morgan fingerprint density at radius 1 is 0.265 bits per heavy atom. The van der Waals surface area contributed by atoms with Crippen LogP contribution in [0, 0.1) is 0 Å². The average Bonchev–Trinajstić information content (AvgIpc) is 3.70. The Morgan fingerprint density at radius 2 is 0.878 bits per heavy atom. The maximum Gasteiger partial charge on any atom is 0.135 e. The van der Waals surface area contributed by atoms with Gasteiger partial charge in [-0.15, -0.1) is 0 Å². The maximum atomic E-state index is 6.42. The molecule has 1 heterocycles. The van der Waals surface area contributed by atoms with Crippen molar-refractivity contribution in [2.75, 3.05) is 0 Å². The highest BCUT2D eigenvalue weighted by Gasteiger charge is 2.23. The number of rotatable bonds is 3. The second-order valence-corrected chi connectivity index (χ2v) is 13.2. The van der Waals surface area contributed by atoms with E-state index in [0.29, 0.717) is 0 Å². The molecule has 11 rings (SSSR count). The van der Waals surface area contributed by atoms with Crippen molar-refractivity contribution in [3.05, 3.63) is 170 Å². The lowest BCUT2D eigenvalue weighted by Crippen LogP contribution is -1.85. The fourth-order valence-corrected chi connectivity index (χ4v) is 8.33. The monoisotopic (exact) mass is 620 g/mol. The van der Waals surface area contributed by atoms with Gasteiger partial charge in [0.15, 0.2) is 0 Å². The quantitative estimate of drug-likeness (QED) is 0.179. The molecule has 0 saturated heterocycles. The summed E-state index contributed by atoms with van der Waals surface area (Å²) in [7, 11) is 0. The van der Waals surface area contributed by atoms with E-state index < -0.39 is 0 Å². The second kappa shape index (κ2) is 10.0. The summed E-state index contributed by atoms with van der Waals surface area (Å²) in [6.45, 7) is 0. The Labute approximate surface area is 283 Å². The summed E-state index contributed by atoms with van der Waals surface area (Å²) >= 11 is 0. The van der Waals surface area contributed by atoms with Crippen molar-refractivity contribution in [3.63, 3.8) is 0 Å². The minimum absolute atomic E-state index is 0.908. The van der Waals surface area contributed by atoms with Crippen LogP contribution in [0.2, 0.25) is 0 Å². The zero-order valence-electron chi connectivity index (χ0n) is 26.6. The summed E-state index contributed by atoms with van der Waals surface area (Å²) in [5.74, 6) is 0. The van der Waals surface area contributed by atoms with Crippen molar-refractivity contribution in [3.8, 4) is 55.6 Å². The molecule has 1 heteroatoms. The van der Waals surface area contributed by atoms with E-state index >= 15 is 0 Å². The molecule has 0 atom stereocenters. The van der Waals surface area contributed by atoms with Gasteiger partial charge in [0.25, 0.3) is 0 Å². The average molecular weight is 621 g/mol. The first-order valence-corrected chi connectivity index (χ1v) is 16.9. The van der Waals surface area contributed by atoms with Gasteiger partial charge in [-0.2, -0.15) is 0 Å². The van der Waals surface area contributed by atoms with Crippen molar-refractivity contribution in [2.45, 2.75) is 0 Å². The van der Waals surface area contributed by atoms with Crippen LogP contribution < -0.4 is 0 Å². The summed E-state index contributed by atoms with van der Waals surface area (Å²) in [5, 5.41) is 9.97. The lowest BCUT2D eigenvalue weighted by molar-refractivity contribution is 0.669.